The van der Waals surface area contributed by atoms with Gasteiger partial charge >= 0.3 is 6.03 Å². The van der Waals surface area contributed by atoms with Gasteiger partial charge in [0.1, 0.15) is 16.9 Å². The molecule has 0 spiro atoms. The van der Waals surface area contributed by atoms with Crippen LogP contribution in [0.25, 0.3) is 44.8 Å². The first-order valence-corrected chi connectivity index (χ1v) is 16.0. The molecule has 11 nitrogen and oxygen atoms in total. The van der Waals surface area contributed by atoms with Crippen molar-refractivity contribution in [2.45, 2.75) is 51.2 Å². The van der Waals surface area contributed by atoms with Crippen LogP contribution < -0.4 is 21.5 Å². The second-order valence-corrected chi connectivity index (χ2v) is 13.1. The highest BCUT2D eigenvalue weighted by Crippen LogP contribution is 2.40. The number of hydrogen-bond acceptors (Lipinski definition) is 6. The van der Waals surface area contributed by atoms with Crippen LogP contribution in [-0.4, -0.2) is 61.7 Å². The number of nitrogens with two attached hydrogens (primary N) is 2. The maximum atomic E-state index is 13.7. The van der Waals surface area contributed by atoms with Crippen LogP contribution in [0.4, 0.5) is 10.5 Å². The Kier molecular flexibility index (Phi) is 6.57. The fourth-order valence-electron chi connectivity index (χ4n) is 7.65. The van der Waals surface area contributed by atoms with Gasteiger partial charge in [-0.3, -0.25) is 4.79 Å². The van der Waals surface area contributed by atoms with E-state index in [-0.39, 0.29) is 18.0 Å². The van der Waals surface area contributed by atoms with Crippen molar-refractivity contribution in [3.8, 4) is 28.5 Å². The molecule has 2 aliphatic carbocycles. The predicted octanol–water partition coefficient (Wildman–Crippen LogP) is 5.04. The molecule has 1 saturated heterocycles. The molecule has 5 aromatic rings. The Labute approximate surface area is 266 Å². The summed E-state index contributed by atoms with van der Waals surface area (Å²) in [6.45, 7) is 3.50. The number of likely N-dealkylation sites (tertiary alicyclic amines) is 1. The van der Waals surface area contributed by atoms with Crippen molar-refractivity contribution in [2.24, 2.45) is 30.4 Å². The molecule has 5 N–H and O–H groups in total. The van der Waals surface area contributed by atoms with Gasteiger partial charge in [0.25, 0.3) is 5.91 Å². The summed E-state index contributed by atoms with van der Waals surface area (Å²) in [6, 6.07) is 15.3. The standard InChI is InChI=1S/C35H38N8O3/c1-18-23(5-4-6-24(18)40-35(37)45)25-11-9-20-14-28(42(32(20)38-25)16-19-7-8-19)33-39-26-13-22(15-29(46-3)31(26)41(33)2)34(44)43-17-21-10-12-27(43)30(21)36/h4-6,9,11,13-15,19,21,27,30H,7-8,10,12,16-17,36H2,1-3H3,(H3,37,40,45)/t21?,27?,30-/m1/s1. The maximum Gasteiger partial charge on any atom is 0.316 e. The summed E-state index contributed by atoms with van der Waals surface area (Å²) in [5.74, 6) is 2.34. The van der Waals surface area contributed by atoms with Crippen LogP contribution in [0, 0.1) is 18.8 Å². The maximum absolute atomic E-state index is 13.7. The fourth-order valence-corrected chi connectivity index (χ4v) is 7.65. The first-order chi connectivity index (χ1) is 22.2. The fraction of sp³-hybridized carbons (Fsp3) is 0.371. The second-order valence-electron chi connectivity index (χ2n) is 13.1. The minimum atomic E-state index is -0.602. The number of rotatable bonds is 7. The Bertz CT molecular complexity index is 2060. The molecule has 8 rings (SSSR count). The molecule has 236 valence electrons. The highest BCUT2D eigenvalue weighted by atomic mass is 16.5. The van der Waals surface area contributed by atoms with Gasteiger partial charge in [0.05, 0.1) is 24.0 Å². The van der Waals surface area contributed by atoms with Crippen molar-refractivity contribution in [1.29, 1.82) is 0 Å². The second kappa shape index (κ2) is 10.6. The van der Waals surface area contributed by atoms with Crippen molar-refractivity contribution in [2.75, 3.05) is 19.0 Å². The number of amides is 3. The van der Waals surface area contributed by atoms with Gasteiger partial charge in [-0.2, -0.15) is 0 Å². The molecular formula is C35H38N8O3. The Morgan fingerprint density at radius 2 is 1.89 bits per heavy atom. The number of ether oxygens (including phenoxy) is 1. The molecule has 2 unspecified atom stereocenters. The summed E-state index contributed by atoms with van der Waals surface area (Å²) >= 11 is 0. The average molecular weight is 619 g/mol. The van der Waals surface area contributed by atoms with Gasteiger partial charge in [0.15, 0.2) is 5.82 Å². The van der Waals surface area contributed by atoms with E-state index in [0.29, 0.717) is 40.9 Å². The van der Waals surface area contributed by atoms with E-state index in [2.05, 4.69) is 26.6 Å². The van der Waals surface area contributed by atoms with E-state index < -0.39 is 6.03 Å². The molecule has 0 radical (unpaired) electrons. The smallest absolute Gasteiger partial charge is 0.316 e. The summed E-state index contributed by atoms with van der Waals surface area (Å²) in [5.41, 5.74) is 19.1. The van der Waals surface area contributed by atoms with Crippen molar-refractivity contribution < 1.29 is 14.3 Å². The van der Waals surface area contributed by atoms with E-state index in [4.69, 9.17) is 26.2 Å². The molecule has 3 atom stereocenters. The van der Waals surface area contributed by atoms with Crippen LogP contribution in [-0.2, 0) is 13.6 Å². The minimum absolute atomic E-state index is 0.0139. The Morgan fingerprint density at radius 1 is 1.07 bits per heavy atom. The lowest BCUT2D eigenvalue weighted by Crippen LogP contribution is -2.41. The number of carbonyl (C=O) groups is 2. The molecule has 2 saturated carbocycles. The third kappa shape index (κ3) is 4.52. The van der Waals surface area contributed by atoms with E-state index in [1.807, 2.05) is 55.3 Å². The topological polar surface area (TPSA) is 146 Å². The van der Waals surface area contributed by atoms with Crippen LogP contribution >= 0.6 is 0 Å². The molecule has 2 bridgehead atoms. The normalized spacial score (nSPS) is 20.6. The lowest BCUT2D eigenvalue weighted by molar-refractivity contribution is 0.0700. The molecule has 2 aromatic carbocycles. The van der Waals surface area contributed by atoms with E-state index in [1.165, 1.54) is 12.8 Å². The molecule has 3 aromatic heterocycles. The number of methoxy groups -OCH3 is 1. The largest absolute Gasteiger partial charge is 0.494 e. The highest BCUT2D eigenvalue weighted by Gasteiger charge is 2.47. The molecule has 4 heterocycles. The number of urea groups is 1. The van der Waals surface area contributed by atoms with Crippen LogP contribution in [0.2, 0.25) is 0 Å². The quantitative estimate of drug-likeness (QED) is 0.233. The Balaban J connectivity index is 1.23. The number of nitrogens with one attached hydrogen (secondary N) is 1. The van der Waals surface area contributed by atoms with Gasteiger partial charge < -0.3 is 35.6 Å². The monoisotopic (exact) mass is 618 g/mol. The number of pyridine rings is 1. The van der Waals surface area contributed by atoms with Crippen molar-refractivity contribution in [1.82, 2.24) is 24.0 Å². The Hall–Kier alpha value is -4.90. The van der Waals surface area contributed by atoms with Crippen molar-refractivity contribution in [3.05, 3.63) is 59.7 Å². The molecular weight excluding hydrogens is 580 g/mol. The van der Waals surface area contributed by atoms with Crippen LogP contribution in [0.3, 0.4) is 0 Å². The van der Waals surface area contributed by atoms with Gasteiger partial charge in [-0.25, -0.2) is 14.8 Å². The highest BCUT2D eigenvalue weighted by molar-refractivity contribution is 6.00. The number of primary amides is 1. The summed E-state index contributed by atoms with van der Waals surface area (Å²) in [7, 11) is 3.63. The number of piperidine rings is 1. The number of benzene rings is 2. The van der Waals surface area contributed by atoms with E-state index in [0.717, 1.165) is 64.3 Å². The third-order valence-electron chi connectivity index (χ3n) is 10.3. The lowest BCUT2D eigenvalue weighted by atomic mass is 10.0. The first-order valence-electron chi connectivity index (χ1n) is 16.0. The van der Waals surface area contributed by atoms with Gasteiger partial charge in [-0.1, -0.05) is 12.1 Å². The zero-order valence-electron chi connectivity index (χ0n) is 26.3. The number of imidazole rings is 1. The average Bonchev–Trinajstić information content (AvgIpc) is 3.45. The number of carbonyl (C=O) groups excluding carboxylic acids is 2. The SMILES string of the molecule is COc1cc(C(=O)N2CC3CCC2[C@@H]3N)cc2nc(-c3cc4ccc(-c5cccc(NC(N)=O)c5C)nc4n3CC3CC3)n(C)c12. The molecule has 46 heavy (non-hydrogen) atoms. The minimum Gasteiger partial charge on any atom is -0.494 e. The van der Waals surface area contributed by atoms with Crippen molar-refractivity contribution >= 4 is 39.7 Å². The summed E-state index contributed by atoms with van der Waals surface area (Å²) < 4.78 is 10.2. The molecule has 3 amide bonds. The summed E-state index contributed by atoms with van der Waals surface area (Å²) in [5, 5.41) is 3.72. The van der Waals surface area contributed by atoms with Crippen molar-refractivity contribution in [3.63, 3.8) is 0 Å². The van der Waals surface area contributed by atoms with Gasteiger partial charge in [0.2, 0.25) is 0 Å². The molecule has 1 aliphatic heterocycles. The summed E-state index contributed by atoms with van der Waals surface area (Å²) in [6.07, 6.45) is 4.41. The summed E-state index contributed by atoms with van der Waals surface area (Å²) in [4.78, 5) is 37.6. The molecule has 3 fully saturated rings. The van der Waals surface area contributed by atoms with E-state index >= 15 is 0 Å². The number of aryl methyl sites for hydroxylation is 1. The zero-order chi connectivity index (χ0) is 31.9. The third-order valence-corrected chi connectivity index (χ3v) is 10.3. The number of hydrogen-bond donors (Lipinski definition) is 3. The van der Waals surface area contributed by atoms with Gasteiger partial charge in [-0.15, -0.1) is 0 Å². The number of fused-ring (bicyclic) bond motifs is 4. The van der Waals surface area contributed by atoms with Crippen LogP contribution in [0.1, 0.15) is 41.6 Å². The van der Waals surface area contributed by atoms with Crippen LogP contribution in [0.15, 0.2) is 48.5 Å². The Morgan fingerprint density at radius 3 is 2.59 bits per heavy atom. The van der Waals surface area contributed by atoms with Crippen LogP contribution in [0.5, 0.6) is 5.75 Å². The number of nitrogens with zero attached hydrogens (tertiary/aromatic N) is 5. The molecule has 3 aliphatic rings. The van der Waals surface area contributed by atoms with Gasteiger partial charge in [-0.05, 0) is 86.4 Å². The first kappa shape index (κ1) is 28.6. The lowest BCUT2D eigenvalue weighted by Gasteiger charge is -2.27. The molecule has 11 heteroatoms. The zero-order valence-corrected chi connectivity index (χ0v) is 26.3. The van der Waals surface area contributed by atoms with E-state index in [9.17, 15) is 9.59 Å². The van der Waals surface area contributed by atoms with Gasteiger partial charge in [0, 0.05) is 54.4 Å². The van der Waals surface area contributed by atoms with E-state index in [1.54, 1.807) is 7.11 Å². The number of aromatic nitrogens is 4. The predicted molar refractivity (Wildman–Crippen MR) is 178 cm³/mol. The number of anilines is 1.